The predicted molar refractivity (Wildman–Crippen MR) is 145 cm³/mol. The second kappa shape index (κ2) is 36.0. The molecule has 2 N–H and O–H groups in total. The molecule has 1 amide bonds. The van der Waals surface area contributed by atoms with Gasteiger partial charge in [-0.1, -0.05) is 0 Å². The van der Waals surface area contributed by atoms with E-state index < -0.39 is 0 Å². The first-order valence-corrected chi connectivity index (χ1v) is 13.9. The second-order valence-corrected chi connectivity index (χ2v) is 7.94. The SMILES string of the molecule is COCCC(=O)NCCOCCOCCOCCOCCOCCOCCOCCOCCOCCOCCO. The number of carbonyl (C=O) groups excluding carboxylic acids is 1. The van der Waals surface area contributed by atoms with Crippen LogP contribution in [-0.4, -0.2) is 170 Å². The summed E-state index contributed by atoms with van der Waals surface area (Å²) in [5.74, 6) is -0.0463. The van der Waals surface area contributed by atoms with Crippen molar-refractivity contribution in [2.24, 2.45) is 0 Å². The lowest BCUT2D eigenvalue weighted by molar-refractivity contribution is -0.122. The number of nitrogens with one attached hydrogen (secondary N) is 1. The van der Waals surface area contributed by atoms with Crippen molar-refractivity contribution in [3.63, 3.8) is 0 Å². The topological polar surface area (TPSA) is 151 Å². The Kier molecular flexibility index (Phi) is 35.1. The smallest absolute Gasteiger partial charge is 0.222 e. The molecule has 40 heavy (non-hydrogen) atoms. The molecule has 240 valence electrons. The summed E-state index contributed by atoms with van der Waals surface area (Å²) in [6.45, 7) is 10.5. The number of hydrogen-bond acceptors (Lipinski definition) is 13. The van der Waals surface area contributed by atoms with Gasteiger partial charge < -0.3 is 62.5 Å². The van der Waals surface area contributed by atoms with Crippen LogP contribution in [0.3, 0.4) is 0 Å². The standard InChI is InChI=1S/C26H53NO13/c1-30-5-2-26(29)27-3-6-31-8-10-33-12-14-35-16-18-37-20-22-39-24-25-40-23-21-38-19-17-36-15-13-34-11-9-32-7-4-28/h28H,2-25H2,1H3,(H,27,29). The van der Waals surface area contributed by atoms with Gasteiger partial charge in [0.15, 0.2) is 0 Å². The minimum absolute atomic E-state index is 0.0232. The van der Waals surface area contributed by atoms with E-state index in [0.717, 1.165) is 0 Å². The number of ether oxygens (including phenoxy) is 11. The van der Waals surface area contributed by atoms with Gasteiger partial charge in [-0.25, -0.2) is 0 Å². The van der Waals surface area contributed by atoms with E-state index in [1.165, 1.54) is 0 Å². The van der Waals surface area contributed by atoms with Crippen LogP contribution in [0.15, 0.2) is 0 Å². The van der Waals surface area contributed by atoms with E-state index in [9.17, 15) is 4.79 Å². The van der Waals surface area contributed by atoms with Gasteiger partial charge >= 0.3 is 0 Å². The van der Waals surface area contributed by atoms with Crippen molar-refractivity contribution in [2.75, 3.05) is 159 Å². The second-order valence-electron chi connectivity index (χ2n) is 7.94. The first-order valence-electron chi connectivity index (χ1n) is 13.9. The maximum Gasteiger partial charge on any atom is 0.222 e. The molecule has 0 spiro atoms. The zero-order valence-corrected chi connectivity index (χ0v) is 24.3. The third-order valence-corrected chi connectivity index (χ3v) is 4.69. The lowest BCUT2D eigenvalue weighted by Gasteiger charge is -2.09. The molecule has 0 rings (SSSR count). The van der Waals surface area contributed by atoms with Gasteiger partial charge in [-0.3, -0.25) is 4.79 Å². The highest BCUT2D eigenvalue weighted by Crippen LogP contribution is 1.87. The summed E-state index contributed by atoms with van der Waals surface area (Å²) in [6.07, 6.45) is 0.355. The molecule has 0 bridgehead atoms. The van der Waals surface area contributed by atoms with Crippen molar-refractivity contribution in [1.82, 2.24) is 5.32 Å². The minimum Gasteiger partial charge on any atom is -0.394 e. The summed E-state index contributed by atoms with van der Waals surface area (Å²) in [5, 5.41) is 11.3. The average molecular weight is 588 g/mol. The lowest BCUT2D eigenvalue weighted by atomic mass is 10.4. The summed E-state index contributed by atoms with van der Waals surface area (Å²) in [5.41, 5.74) is 0. The van der Waals surface area contributed by atoms with E-state index in [0.29, 0.717) is 152 Å². The van der Waals surface area contributed by atoms with Crippen molar-refractivity contribution in [1.29, 1.82) is 0 Å². The fourth-order valence-electron chi connectivity index (χ4n) is 2.69. The Labute approximate surface area is 239 Å². The molecule has 0 saturated heterocycles. The van der Waals surface area contributed by atoms with Crippen molar-refractivity contribution in [3.8, 4) is 0 Å². The molecule has 0 heterocycles. The van der Waals surface area contributed by atoms with Crippen LogP contribution in [0.2, 0.25) is 0 Å². The molecule has 0 aliphatic carbocycles. The molecule has 14 nitrogen and oxygen atoms in total. The van der Waals surface area contributed by atoms with Crippen LogP contribution < -0.4 is 5.32 Å². The van der Waals surface area contributed by atoms with Crippen LogP contribution in [0.5, 0.6) is 0 Å². The number of aliphatic hydroxyl groups excluding tert-OH is 1. The van der Waals surface area contributed by atoms with Crippen molar-refractivity contribution in [2.45, 2.75) is 6.42 Å². The highest BCUT2D eigenvalue weighted by atomic mass is 16.6. The number of methoxy groups -OCH3 is 1. The summed E-state index contributed by atoms with van der Waals surface area (Å²) in [6, 6.07) is 0. The number of carbonyl (C=O) groups is 1. The predicted octanol–water partition coefficient (Wildman–Crippen LogP) is -0.703. The van der Waals surface area contributed by atoms with E-state index in [2.05, 4.69) is 5.32 Å². The van der Waals surface area contributed by atoms with Crippen LogP contribution in [-0.2, 0) is 56.9 Å². The molecular weight excluding hydrogens is 534 g/mol. The fraction of sp³-hybridized carbons (Fsp3) is 0.962. The number of aliphatic hydroxyl groups is 1. The highest BCUT2D eigenvalue weighted by molar-refractivity contribution is 5.75. The van der Waals surface area contributed by atoms with Gasteiger partial charge in [0.1, 0.15) is 0 Å². The van der Waals surface area contributed by atoms with Gasteiger partial charge in [-0.15, -0.1) is 0 Å². The van der Waals surface area contributed by atoms with Gasteiger partial charge in [-0.05, 0) is 0 Å². The van der Waals surface area contributed by atoms with E-state index in [1.807, 2.05) is 0 Å². The molecule has 0 fully saturated rings. The molecule has 0 aromatic heterocycles. The Balaban J connectivity index is 3.05. The molecule has 0 unspecified atom stereocenters. The first-order chi connectivity index (χ1) is 19.8. The maximum absolute atomic E-state index is 11.3. The van der Waals surface area contributed by atoms with E-state index >= 15 is 0 Å². The monoisotopic (exact) mass is 587 g/mol. The highest BCUT2D eigenvalue weighted by Gasteiger charge is 1.99. The maximum atomic E-state index is 11.3. The molecule has 0 aliphatic rings. The lowest BCUT2D eigenvalue weighted by Crippen LogP contribution is -2.28. The van der Waals surface area contributed by atoms with Crippen LogP contribution in [0.25, 0.3) is 0 Å². The molecule has 0 atom stereocenters. The molecule has 14 heteroatoms. The molecule has 0 aliphatic heterocycles. The number of rotatable bonds is 35. The van der Waals surface area contributed by atoms with Gasteiger partial charge in [-0.2, -0.15) is 0 Å². The van der Waals surface area contributed by atoms with Gasteiger partial charge in [0.2, 0.25) is 5.91 Å². The summed E-state index contributed by atoms with van der Waals surface area (Å²) < 4.78 is 58.6. The Hall–Kier alpha value is -1.01. The summed E-state index contributed by atoms with van der Waals surface area (Å²) in [4.78, 5) is 11.3. The molecule has 0 aromatic rings. The van der Waals surface area contributed by atoms with E-state index in [-0.39, 0.29) is 12.5 Å². The van der Waals surface area contributed by atoms with Gasteiger partial charge in [0.25, 0.3) is 0 Å². The van der Waals surface area contributed by atoms with Crippen LogP contribution in [0, 0.1) is 0 Å². The van der Waals surface area contributed by atoms with Crippen LogP contribution in [0.1, 0.15) is 6.42 Å². The normalized spacial score (nSPS) is 11.3. The number of hydrogen-bond donors (Lipinski definition) is 2. The quantitative estimate of drug-likeness (QED) is 0.0900. The van der Waals surface area contributed by atoms with Crippen molar-refractivity contribution < 1.29 is 62.0 Å². The zero-order chi connectivity index (χ0) is 29.0. The van der Waals surface area contributed by atoms with Gasteiger partial charge in [0.05, 0.1) is 145 Å². The zero-order valence-electron chi connectivity index (χ0n) is 24.3. The average Bonchev–Trinajstić information content (AvgIpc) is 2.96. The molecular formula is C26H53NO13. The van der Waals surface area contributed by atoms with Crippen LogP contribution in [0.4, 0.5) is 0 Å². The van der Waals surface area contributed by atoms with Crippen molar-refractivity contribution >= 4 is 5.91 Å². The third-order valence-electron chi connectivity index (χ3n) is 4.69. The Morgan fingerprint density at radius 3 is 1.00 bits per heavy atom. The van der Waals surface area contributed by atoms with E-state index in [1.54, 1.807) is 7.11 Å². The molecule has 0 aromatic carbocycles. The van der Waals surface area contributed by atoms with Gasteiger partial charge in [0, 0.05) is 20.1 Å². The summed E-state index contributed by atoms with van der Waals surface area (Å²) >= 11 is 0. The first kappa shape index (κ1) is 39.0. The Morgan fingerprint density at radius 1 is 0.450 bits per heavy atom. The van der Waals surface area contributed by atoms with Crippen LogP contribution >= 0.6 is 0 Å². The molecule has 0 radical (unpaired) electrons. The minimum atomic E-state index is -0.0463. The number of amides is 1. The molecule has 0 saturated carbocycles. The Bertz CT molecular complexity index is 492. The van der Waals surface area contributed by atoms with E-state index in [4.69, 9.17) is 57.2 Å². The fourth-order valence-corrected chi connectivity index (χ4v) is 2.69. The summed E-state index contributed by atoms with van der Waals surface area (Å²) in [7, 11) is 1.56. The Morgan fingerprint density at radius 2 is 0.725 bits per heavy atom. The largest absolute Gasteiger partial charge is 0.394 e. The third kappa shape index (κ3) is 35.0. The van der Waals surface area contributed by atoms with Crippen molar-refractivity contribution in [3.05, 3.63) is 0 Å².